The molecule has 0 aliphatic carbocycles. The molecule has 0 spiro atoms. The highest BCUT2D eigenvalue weighted by Gasteiger charge is 2.10. The van der Waals surface area contributed by atoms with Crippen LogP contribution in [0.5, 0.6) is 5.75 Å². The number of carbonyl (C=O) groups excluding carboxylic acids is 1. The van der Waals surface area contributed by atoms with Crippen molar-refractivity contribution in [1.82, 2.24) is 15.5 Å². The highest BCUT2D eigenvalue weighted by atomic mass is 19.1. The van der Waals surface area contributed by atoms with E-state index in [1.54, 1.807) is 14.1 Å². The second-order valence-electron chi connectivity index (χ2n) is 6.58. The molecule has 1 atom stereocenters. The van der Waals surface area contributed by atoms with Crippen molar-refractivity contribution in [3.63, 3.8) is 0 Å². The third-order valence-electron chi connectivity index (χ3n) is 4.07. The molecule has 8 heteroatoms. The molecule has 6 nitrogen and oxygen atoms in total. The number of hydrogen-bond donors (Lipinski definition) is 2. The average Bonchev–Trinajstić information content (AvgIpc) is 2.70. The van der Waals surface area contributed by atoms with Crippen molar-refractivity contribution in [3.05, 3.63) is 65.7 Å². The molecule has 0 radical (unpaired) electrons. The van der Waals surface area contributed by atoms with Crippen molar-refractivity contribution in [2.24, 2.45) is 4.99 Å². The summed E-state index contributed by atoms with van der Waals surface area (Å²) in [5, 5.41) is 6.30. The highest BCUT2D eigenvalue weighted by molar-refractivity contribution is 5.85. The Bertz CT molecular complexity index is 829. The Labute approximate surface area is 169 Å². The predicted octanol–water partition coefficient (Wildman–Crippen LogP) is 2.73. The van der Waals surface area contributed by atoms with E-state index >= 15 is 0 Å². The zero-order valence-corrected chi connectivity index (χ0v) is 16.8. The zero-order chi connectivity index (χ0) is 21.2. The molecule has 2 aromatic rings. The largest absolute Gasteiger partial charge is 0.489 e. The van der Waals surface area contributed by atoms with Crippen LogP contribution in [0.15, 0.2) is 53.5 Å². The molecule has 2 rings (SSSR count). The molecule has 0 aliphatic rings. The maximum atomic E-state index is 13.6. The number of amides is 1. The summed E-state index contributed by atoms with van der Waals surface area (Å²) in [6.45, 7) is 2.40. The highest BCUT2D eigenvalue weighted by Crippen LogP contribution is 2.17. The molecule has 1 amide bonds. The van der Waals surface area contributed by atoms with Crippen LogP contribution in [0.1, 0.15) is 18.5 Å². The van der Waals surface area contributed by atoms with Crippen LogP contribution in [0.3, 0.4) is 0 Å². The SMILES string of the molecule is CC(NC(=NCC(=O)N(C)C)NCCOc1ccc(F)cc1F)c1ccccc1. The molecule has 0 saturated carbocycles. The van der Waals surface area contributed by atoms with Crippen LogP contribution >= 0.6 is 0 Å². The molecular weight excluding hydrogens is 378 g/mol. The van der Waals surface area contributed by atoms with E-state index in [4.69, 9.17) is 4.74 Å². The van der Waals surface area contributed by atoms with Gasteiger partial charge in [-0.3, -0.25) is 4.79 Å². The van der Waals surface area contributed by atoms with Crippen LogP contribution in [0.2, 0.25) is 0 Å². The van der Waals surface area contributed by atoms with Crippen molar-refractivity contribution in [1.29, 1.82) is 0 Å². The van der Waals surface area contributed by atoms with Crippen LogP contribution in [0, 0.1) is 11.6 Å². The van der Waals surface area contributed by atoms with E-state index in [2.05, 4.69) is 15.6 Å². The summed E-state index contributed by atoms with van der Waals surface area (Å²) in [6, 6.07) is 12.9. The summed E-state index contributed by atoms with van der Waals surface area (Å²) in [6.07, 6.45) is 0. The predicted molar refractivity (Wildman–Crippen MR) is 109 cm³/mol. The molecule has 0 heterocycles. The monoisotopic (exact) mass is 404 g/mol. The lowest BCUT2D eigenvalue weighted by molar-refractivity contribution is -0.127. The number of aliphatic imine (C=N–C) groups is 1. The first-order valence-corrected chi connectivity index (χ1v) is 9.24. The van der Waals surface area contributed by atoms with Gasteiger partial charge in [0.15, 0.2) is 17.5 Å². The summed E-state index contributed by atoms with van der Waals surface area (Å²) in [5.74, 6) is -1.15. The Kier molecular flexibility index (Phi) is 8.39. The first-order chi connectivity index (χ1) is 13.9. The lowest BCUT2D eigenvalue weighted by Gasteiger charge is -2.19. The fraction of sp³-hybridized carbons (Fsp3) is 0.333. The summed E-state index contributed by atoms with van der Waals surface area (Å²) < 4.78 is 31.9. The van der Waals surface area contributed by atoms with Crippen LogP contribution in [0.25, 0.3) is 0 Å². The molecule has 2 aromatic carbocycles. The Hall–Kier alpha value is -3.16. The number of carbonyl (C=O) groups is 1. The number of hydrogen-bond acceptors (Lipinski definition) is 3. The van der Waals surface area contributed by atoms with Crippen LogP contribution < -0.4 is 15.4 Å². The maximum Gasteiger partial charge on any atom is 0.243 e. The topological polar surface area (TPSA) is 66.0 Å². The second-order valence-corrected chi connectivity index (χ2v) is 6.58. The minimum atomic E-state index is -0.758. The van der Waals surface area contributed by atoms with Gasteiger partial charge in [0.2, 0.25) is 5.91 Å². The minimum absolute atomic E-state index is 0.0166. The van der Waals surface area contributed by atoms with Gasteiger partial charge in [-0.15, -0.1) is 0 Å². The van der Waals surface area contributed by atoms with Crippen molar-refractivity contribution in [2.75, 3.05) is 33.8 Å². The van der Waals surface area contributed by atoms with Crippen LogP contribution in [-0.2, 0) is 4.79 Å². The van der Waals surface area contributed by atoms with E-state index in [9.17, 15) is 13.6 Å². The van der Waals surface area contributed by atoms with Gasteiger partial charge in [0.1, 0.15) is 19.0 Å². The van der Waals surface area contributed by atoms with E-state index in [0.717, 1.165) is 17.7 Å². The smallest absolute Gasteiger partial charge is 0.243 e. The van der Waals surface area contributed by atoms with Gasteiger partial charge in [0.05, 0.1) is 12.6 Å². The van der Waals surface area contributed by atoms with E-state index in [1.165, 1.54) is 11.0 Å². The lowest BCUT2D eigenvalue weighted by Crippen LogP contribution is -2.41. The summed E-state index contributed by atoms with van der Waals surface area (Å²) >= 11 is 0. The standard InChI is InChI=1S/C21H26F2N4O2/c1-15(16-7-5-4-6-8-16)26-21(25-14-20(28)27(2)3)24-11-12-29-19-10-9-17(22)13-18(19)23/h4-10,13,15H,11-12,14H2,1-3H3,(H2,24,25,26). The van der Waals surface area contributed by atoms with Gasteiger partial charge in [-0.05, 0) is 24.6 Å². The average molecular weight is 404 g/mol. The summed E-state index contributed by atoms with van der Waals surface area (Å²) in [7, 11) is 3.33. The fourth-order valence-corrected chi connectivity index (χ4v) is 2.39. The van der Waals surface area contributed by atoms with Gasteiger partial charge >= 0.3 is 0 Å². The second kappa shape index (κ2) is 11.0. The Balaban J connectivity index is 1.95. The maximum absolute atomic E-state index is 13.6. The van der Waals surface area contributed by atoms with Crippen molar-refractivity contribution >= 4 is 11.9 Å². The third-order valence-corrected chi connectivity index (χ3v) is 4.07. The molecule has 0 bridgehead atoms. The van der Waals surface area contributed by atoms with Crippen LogP contribution in [0.4, 0.5) is 8.78 Å². The van der Waals surface area contributed by atoms with E-state index in [1.807, 2.05) is 37.3 Å². The first-order valence-electron chi connectivity index (χ1n) is 9.24. The zero-order valence-electron chi connectivity index (χ0n) is 16.8. The number of ether oxygens (including phenoxy) is 1. The Morgan fingerprint density at radius 1 is 1.17 bits per heavy atom. The van der Waals surface area contributed by atoms with Gasteiger partial charge in [-0.25, -0.2) is 13.8 Å². The van der Waals surface area contributed by atoms with Crippen molar-refractivity contribution in [3.8, 4) is 5.75 Å². The third kappa shape index (κ3) is 7.40. The number of benzene rings is 2. The molecule has 0 fully saturated rings. The molecule has 0 aliphatic heterocycles. The van der Waals surface area contributed by atoms with E-state index in [0.29, 0.717) is 12.5 Å². The number of nitrogens with one attached hydrogen (secondary N) is 2. The first kappa shape index (κ1) is 22.1. The quantitative estimate of drug-likeness (QED) is 0.403. The van der Waals surface area contributed by atoms with E-state index in [-0.39, 0.29) is 30.9 Å². The molecule has 156 valence electrons. The minimum Gasteiger partial charge on any atom is -0.489 e. The fourth-order valence-electron chi connectivity index (χ4n) is 2.39. The number of rotatable bonds is 8. The molecule has 2 N–H and O–H groups in total. The van der Waals surface area contributed by atoms with Crippen LogP contribution in [-0.4, -0.2) is 50.6 Å². The number of guanidine groups is 1. The Morgan fingerprint density at radius 2 is 1.90 bits per heavy atom. The normalized spacial score (nSPS) is 12.2. The van der Waals surface area contributed by atoms with Crippen molar-refractivity contribution < 1.29 is 18.3 Å². The lowest BCUT2D eigenvalue weighted by atomic mass is 10.1. The molecule has 0 saturated heterocycles. The van der Waals surface area contributed by atoms with E-state index < -0.39 is 11.6 Å². The molecule has 1 unspecified atom stereocenters. The molecular formula is C21H26F2N4O2. The number of nitrogens with zero attached hydrogens (tertiary/aromatic N) is 2. The van der Waals surface area contributed by atoms with Gasteiger partial charge in [0, 0.05) is 20.2 Å². The number of halogens is 2. The van der Waals surface area contributed by atoms with Gasteiger partial charge < -0.3 is 20.3 Å². The van der Waals surface area contributed by atoms with Gasteiger partial charge in [0.25, 0.3) is 0 Å². The summed E-state index contributed by atoms with van der Waals surface area (Å²) in [5.41, 5.74) is 1.06. The van der Waals surface area contributed by atoms with Gasteiger partial charge in [-0.2, -0.15) is 0 Å². The van der Waals surface area contributed by atoms with Gasteiger partial charge in [-0.1, -0.05) is 30.3 Å². The van der Waals surface area contributed by atoms with Crippen molar-refractivity contribution in [2.45, 2.75) is 13.0 Å². The Morgan fingerprint density at radius 3 is 2.55 bits per heavy atom. The summed E-state index contributed by atoms with van der Waals surface area (Å²) in [4.78, 5) is 17.6. The number of likely N-dealkylation sites (N-methyl/N-ethyl adjacent to an activating group) is 1. The molecule has 0 aromatic heterocycles. The molecule has 29 heavy (non-hydrogen) atoms.